The first-order valence-electron chi connectivity index (χ1n) is 11.8. The summed E-state index contributed by atoms with van der Waals surface area (Å²) < 4.78 is 16.1. The van der Waals surface area contributed by atoms with Gasteiger partial charge >= 0.3 is 12.0 Å². The van der Waals surface area contributed by atoms with E-state index in [2.05, 4.69) is 15.5 Å². The van der Waals surface area contributed by atoms with Crippen molar-refractivity contribution in [1.82, 2.24) is 20.4 Å². The Morgan fingerprint density at radius 3 is 2.43 bits per heavy atom. The molecule has 35 heavy (non-hydrogen) atoms. The summed E-state index contributed by atoms with van der Waals surface area (Å²) in [5, 5.41) is 5.65. The largest absolute Gasteiger partial charge is 0.494 e. The van der Waals surface area contributed by atoms with Crippen molar-refractivity contribution in [2.75, 3.05) is 45.9 Å². The molecule has 10 heteroatoms. The number of carbonyl (C=O) groups is 3. The molecule has 3 heterocycles. The highest BCUT2D eigenvalue weighted by Gasteiger charge is 2.35. The summed E-state index contributed by atoms with van der Waals surface area (Å²) in [4.78, 5) is 41.9. The molecule has 10 nitrogen and oxygen atoms in total. The van der Waals surface area contributed by atoms with E-state index in [1.807, 2.05) is 31.2 Å². The fraction of sp³-hybridized carbons (Fsp3) is 0.400. The molecule has 2 aliphatic rings. The van der Waals surface area contributed by atoms with Gasteiger partial charge in [0.15, 0.2) is 5.76 Å². The van der Waals surface area contributed by atoms with Crippen LogP contribution < -0.4 is 15.4 Å². The lowest BCUT2D eigenvalue weighted by molar-refractivity contribution is -0.139. The van der Waals surface area contributed by atoms with E-state index in [1.54, 1.807) is 24.0 Å². The van der Waals surface area contributed by atoms with Gasteiger partial charge in [0.1, 0.15) is 5.75 Å². The average Bonchev–Trinajstić information content (AvgIpc) is 3.40. The summed E-state index contributed by atoms with van der Waals surface area (Å²) >= 11 is 0. The number of nitrogens with one attached hydrogen (secondary N) is 2. The molecule has 2 N–H and O–H groups in total. The van der Waals surface area contributed by atoms with Crippen molar-refractivity contribution < 1.29 is 28.3 Å². The maximum Gasteiger partial charge on any atom is 0.338 e. The highest BCUT2D eigenvalue weighted by Crippen LogP contribution is 2.29. The lowest BCUT2D eigenvalue weighted by atomic mass is 9.94. The van der Waals surface area contributed by atoms with Gasteiger partial charge in [-0.1, -0.05) is 12.1 Å². The monoisotopic (exact) mass is 482 g/mol. The topological polar surface area (TPSA) is 113 Å². The van der Waals surface area contributed by atoms with Gasteiger partial charge in [0.05, 0.1) is 31.1 Å². The van der Waals surface area contributed by atoms with E-state index in [9.17, 15) is 14.4 Å². The van der Waals surface area contributed by atoms with Crippen molar-refractivity contribution in [2.45, 2.75) is 19.9 Å². The summed E-state index contributed by atoms with van der Waals surface area (Å²) in [6.45, 7) is 6.95. The third-order valence-electron chi connectivity index (χ3n) is 5.95. The van der Waals surface area contributed by atoms with Crippen LogP contribution in [0.15, 0.2) is 58.3 Å². The third kappa shape index (κ3) is 5.65. The molecule has 2 aliphatic heterocycles. The molecule has 1 aromatic heterocycles. The van der Waals surface area contributed by atoms with Crippen LogP contribution in [0.25, 0.3) is 0 Å². The maximum absolute atomic E-state index is 13.0. The fourth-order valence-corrected chi connectivity index (χ4v) is 4.25. The van der Waals surface area contributed by atoms with Gasteiger partial charge in [0.25, 0.3) is 5.91 Å². The summed E-state index contributed by atoms with van der Waals surface area (Å²) in [6.07, 6.45) is 1.48. The second-order valence-electron chi connectivity index (χ2n) is 8.19. The number of piperazine rings is 1. The van der Waals surface area contributed by atoms with Gasteiger partial charge in [-0.2, -0.15) is 0 Å². The average molecular weight is 483 g/mol. The smallest absolute Gasteiger partial charge is 0.338 e. The number of carbonyl (C=O) groups excluding carboxylic acids is 3. The van der Waals surface area contributed by atoms with E-state index in [1.165, 1.54) is 6.26 Å². The minimum atomic E-state index is -0.657. The number of amides is 3. The van der Waals surface area contributed by atoms with Gasteiger partial charge in [0, 0.05) is 38.4 Å². The summed E-state index contributed by atoms with van der Waals surface area (Å²) in [6, 6.07) is 9.57. The van der Waals surface area contributed by atoms with Gasteiger partial charge in [0.2, 0.25) is 0 Å². The zero-order valence-electron chi connectivity index (χ0n) is 19.9. The Labute approximate surface area is 203 Å². The molecule has 0 spiro atoms. The first kappa shape index (κ1) is 24.3. The van der Waals surface area contributed by atoms with Crippen LogP contribution in [0.1, 0.15) is 36.0 Å². The van der Waals surface area contributed by atoms with Crippen LogP contribution in [-0.2, 0) is 9.53 Å². The van der Waals surface area contributed by atoms with Crippen molar-refractivity contribution in [3.8, 4) is 5.75 Å². The molecule has 0 aliphatic carbocycles. The lowest BCUT2D eigenvalue weighted by Gasteiger charge is -2.36. The molecule has 0 bridgehead atoms. The van der Waals surface area contributed by atoms with Crippen molar-refractivity contribution in [3.63, 3.8) is 0 Å². The standard InChI is InChI=1S/C25H30N4O6/c1-3-33-18-9-7-17(8-10-18)22-21(24(31)34-4-2)19(26-25(32)27-22)16-28-11-13-29(14-12-28)23(30)20-6-5-15-35-20/h5-10,15,22H,3-4,11-14,16H2,1-2H3,(H2,26,27,32)/t22-/m0/s1. The number of urea groups is 1. The second-order valence-corrected chi connectivity index (χ2v) is 8.19. The first-order chi connectivity index (χ1) is 17.0. The third-order valence-corrected chi connectivity index (χ3v) is 5.95. The van der Waals surface area contributed by atoms with Gasteiger partial charge in [-0.05, 0) is 43.7 Å². The zero-order valence-corrected chi connectivity index (χ0v) is 19.9. The molecular formula is C25H30N4O6. The zero-order chi connectivity index (χ0) is 24.8. The summed E-state index contributed by atoms with van der Waals surface area (Å²) in [7, 11) is 0. The molecule has 0 saturated carbocycles. The highest BCUT2D eigenvalue weighted by atomic mass is 16.5. The first-order valence-corrected chi connectivity index (χ1v) is 11.8. The fourth-order valence-electron chi connectivity index (χ4n) is 4.25. The van der Waals surface area contributed by atoms with E-state index in [0.29, 0.717) is 62.1 Å². The van der Waals surface area contributed by atoms with Crippen molar-refractivity contribution in [3.05, 3.63) is 65.3 Å². The molecule has 1 aromatic carbocycles. The van der Waals surface area contributed by atoms with Gasteiger partial charge in [-0.3, -0.25) is 9.69 Å². The van der Waals surface area contributed by atoms with Gasteiger partial charge in [-0.25, -0.2) is 9.59 Å². The molecule has 186 valence electrons. The predicted molar refractivity (Wildman–Crippen MR) is 127 cm³/mol. The van der Waals surface area contributed by atoms with Crippen LogP contribution in [-0.4, -0.2) is 73.6 Å². The number of nitrogens with zero attached hydrogens (tertiary/aromatic N) is 2. The van der Waals surface area contributed by atoms with Crippen LogP contribution in [0.2, 0.25) is 0 Å². The molecule has 1 fully saturated rings. The number of furan rings is 1. The Morgan fingerprint density at radius 1 is 1.06 bits per heavy atom. The SMILES string of the molecule is CCOC(=O)C1=C(CN2CCN(C(=O)c3ccco3)CC2)NC(=O)N[C@H]1c1ccc(OCC)cc1. The Kier molecular flexibility index (Phi) is 7.71. The Bertz CT molecular complexity index is 1070. The maximum atomic E-state index is 13.0. The molecule has 1 atom stereocenters. The number of ether oxygens (including phenoxy) is 2. The van der Waals surface area contributed by atoms with Crippen LogP contribution in [0, 0.1) is 0 Å². The van der Waals surface area contributed by atoms with E-state index >= 15 is 0 Å². The summed E-state index contributed by atoms with van der Waals surface area (Å²) in [5.41, 5.74) is 1.61. The number of hydrogen-bond acceptors (Lipinski definition) is 7. The molecule has 2 aromatic rings. The molecular weight excluding hydrogens is 452 g/mol. The van der Waals surface area contributed by atoms with Crippen LogP contribution in [0.5, 0.6) is 5.75 Å². The highest BCUT2D eigenvalue weighted by molar-refractivity contribution is 5.95. The normalized spacial score (nSPS) is 18.6. The molecule has 3 amide bonds. The van der Waals surface area contributed by atoms with E-state index < -0.39 is 18.0 Å². The number of benzene rings is 1. The molecule has 0 unspecified atom stereocenters. The molecule has 0 radical (unpaired) electrons. The van der Waals surface area contributed by atoms with E-state index in [4.69, 9.17) is 13.9 Å². The molecule has 1 saturated heterocycles. The Hall–Kier alpha value is -3.79. The van der Waals surface area contributed by atoms with Gasteiger partial charge < -0.3 is 29.4 Å². The predicted octanol–water partition coefficient (Wildman–Crippen LogP) is 2.31. The van der Waals surface area contributed by atoms with Crippen molar-refractivity contribution in [2.24, 2.45) is 0 Å². The number of esters is 1. The minimum absolute atomic E-state index is 0.146. The van der Waals surface area contributed by atoms with Crippen LogP contribution in [0.3, 0.4) is 0 Å². The minimum Gasteiger partial charge on any atom is -0.494 e. The van der Waals surface area contributed by atoms with Gasteiger partial charge in [-0.15, -0.1) is 0 Å². The Morgan fingerprint density at radius 2 is 1.80 bits per heavy atom. The quantitative estimate of drug-likeness (QED) is 0.555. The summed E-state index contributed by atoms with van der Waals surface area (Å²) in [5.74, 6) is 0.391. The number of rotatable bonds is 8. The Balaban J connectivity index is 1.53. The lowest BCUT2D eigenvalue weighted by Crippen LogP contribution is -2.52. The van der Waals surface area contributed by atoms with Crippen molar-refractivity contribution in [1.29, 1.82) is 0 Å². The van der Waals surface area contributed by atoms with E-state index in [-0.39, 0.29) is 12.5 Å². The van der Waals surface area contributed by atoms with Crippen LogP contribution >= 0.6 is 0 Å². The molecule has 4 rings (SSSR count). The van der Waals surface area contributed by atoms with E-state index in [0.717, 1.165) is 5.56 Å². The number of hydrogen-bond donors (Lipinski definition) is 2. The van der Waals surface area contributed by atoms with Crippen molar-refractivity contribution >= 4 is 17.9 Å². The van der Waals surface area contributed by atoms with Crippen LogP contribution in [0.4, 0.5) is 4.79 Å². The second kappa shape index (κ2) is 11.1.